The second-order valence-electron chi connectivity index (χ2n) is 2.26. The Kier molecular flexibility index (Phi) is 5.20. The molecule has 14 heavy (non-hydrogen) atoms. The van der Waals surface area contributed by atoms with E-state index < -0.39 is 4.30 Å². The van der Waals surface area contributed by atoms with Gasteiger partial charge in [0.05, 0.1) is 10.2 Å². The summed E-state index contributed by atoms with van der Waals surface area (Å²) in [6.07, 6.45) is 0. The maximum Gasteiger partial charge on any atom is 0.180 e. The number of benzene rings is 1. The maximum absolute atomic E-state index is 4.98. The molecule has 0 spiro atoms. The van der Waals surface area contributed by atoms with E-state index in [4.69, 9.17) is 47.0 Å². The van der Waals surface area contributed by atoms with Gasteiger partial charge in [-0.1, -0.05) is 46.9 Å². The number of thiazole rings is 1. The molecule has 0 saturated carbocycles. The highest BCUT2D eigenvalue weighted by Crippen LogP contribution is 2.17. The average Bonchev–Trinajstić information content (AvgIpc) is 2.42. The normalized spacial score (nSPS) is 10.0. The van der Waals surface area contributed by atoms with Crippen LogP contribution in [0.1, 0.15) is 0 Å². The van der Waals surface area contributed by atoms with Crippen molar-refractivity contribution in [1.29, 1.82) is 0 Å². The van der Waals surface area contributed by atoms with Gasteiger partial charge in [-0.25, -0.2) is 0 Å². The molecule has 0 radical (unpaired) electrons. The summed E-state index contributed by atoms with van der Waals surface area (Å²) in [6.45, 7) is 0. The number of hydrogen-bond acceptors (Lipinski definition) is 2. The first-order valence-electron chi connectivity index (χ1n) is 3.59. The first kappa shape index (κ1) is 12.3. The Labute approximate surface area is 106 Å². The molecule has 0 amide bonds. The largest absolute Gasteiger partial charge is 0.337 e. The molecule has 0 aliphatic rings. The lowest BCUT2D eigenvalue weighted by molar-refractivity contribution is 1.47. The van der Waals surface area contributed by atoms with Gasteiger partial charge >= 0.3 is 0 Å². The summed E-state index contributed by atoms with van der Waals surface area (Å²) in [5, 5.41) is 0. The lowest BCUT2D eigenvalue weighted by atomic mass is 10.3. The van der Waals surface area contributed by atoms with Crippen molar-refractivity contribution >= 4 is 68.6 Å². The molecule has 1 aromatic carbocycles. The highest BCUT2D eigenvalue weighted by atomic mass is 35.6. The van der Waals surface area contributed by atoms with Gasteiger partial charge in [0.2, 0.25) is 0 Å². The van der Waals surface area contributed by atoms with Crippen LogP contribution in [-0.4, -0.2) is 9.28 Å². The summed E-state index contributed by atoms with van der Waals surface area (Å²) < 4.78 is 1.33. The van der Waals surface area contributed by atoms with E-state index in [2.05, 4.69) is 11.1 Å². The van der Waals surface area contributed by atoms with Crippen LogP contribution in [0.3, 0.4) is 0 Å². The second-order valence-corrected chi connectivity index (χ2v) is 5.96. The van der Waals surface area contributed by atoms with E-state index in [1.807, 2.05) is 18.2 Å². The molecular formula is C8H6Cl3NS2. The Morgan fingerprint density at radius 3 is 2.36 bits per heavy atom. The van der Waals surface area contributed by atoms with Crippen molar-refractivity contribution in [2.45, 2.75) is 4.30 Å². The third-order valence-corrected chi connectivity index (χ3v) is 2.54. The molecule has 0 atom stereocenters. The van der Waals surface area contributed by atoms with Crippen molar-refractivity contribution in [1.82, 2.24) is 4.98 Å². The van der Waals surface area contributed by atoms with Crippen LogP contribution in [0.2, 0.25) is 0 Å². The van der Waals surface area contributed by atoms with Gasteiger partial charge in [-0.2, -0.15) is 0 Å². The van der Waals surface area contributed by atoms with Gasteiger partial charge in [0, 0.05) is 0 Å². The van der Waals surface area contributed by atoms with E-state index in [1.165, 1.54) is 4.70 Å². The summed E-state index contributed by atoms with van der Waals surface area (Å²) >= 11 is 21.0. The van der Waals surface area contributed by atoms with Crippen LogP contribution < -0.4 is 0 Å². The van der Waals surface area contributed by atoms with Gasteiger partial charge < -0.3 is 4.98 Å². The zero-order valence-electron chi connectivity index (χ0n) is 6.84. The molecule has 0 unspecified atom stereocenters. The number of fused-ring (bicyclic) bond motifs is 1. The molecule has 0 saturated heterocycles. The highest BCUT2D eigenvalue weighted by molar-refractivity contribution is 7.73. The minimum atomic E-state index is -0.750. The predicted molar refractivity (Wildman–Crippen MR) is 68.4 cm³/mol. The smallest absolute Gasteiger partial charge is 0.180 e. The fourth-order valence-corrected chi connectivity index (χ4v) is 2.01. The van der Waals surface area contributed by atoms with Gasteiger partial charge in [-0.3, -0.25) is 0 Å². The van der Waals surface area contributed by atoms with Gasteiger partial charge in [0.1, 0.15) is 0 Å². The molecule has 0 aliphatic heterocycles. The molecule has 76 valence electrons. The highest BCUT2D eigenvalue weighted by Gasteiger charge is 1.91. The molecule has 1 heterocycles. The number of alkyl halides is 3. The van der Waals surface area contributed by atoms with Crippen molar-refractivity contribution in [3.63, 3.8) is 0 Å². The molecule has 0 bridgehead atoms. The van der Waals surface area contributed by atoms with Crippen molar-refractivity contribution in [3.05, 3.63) is 28.2 Å². The maximum atomic E-state index is 4.98. The molecule has 1 N–H and O–H groups in total. The summed E-state index contributed by atoms with van der Waals surface area (Å²) in [5.74, 6) is 0. The number of nitrogens with one attached hydrogen (secondary N) is 1. The van der Waals surface area contributed by atoms with Crippen molar-refractivity contribution in [2.75, 3.05) is 0 Å². The Morgan fingerprint density at radius 1 is 1.21 bits per heavy atom. The van der Waals surface area contributed by atoms with Crippen LogP contribution in [0.5, 0.6) is 0 Å². The Bertz CT molecular complexity index is 410. The lowest BCUT2D eigenvalue weighted by Gasteiger charge is -1.81. The van der Waals surface area contributed by atoms with Crippen molar-refractivity contribution in [3.8, 4) is 0 Å². The Morgan fingerprint density at radius 2 is 1.79 bits per heavy atom. The Balaban J connectivity index is 0.000000213. The minimum Gasteiger partial charge on any atom is -0.337 e. The monoisotopic (exact) mass is 285 g/mol. The van der Waals surface area contributed by atoms with E-state index in [1.54, 1.807) is 11.3 Å². The van der Waals surface area contributed by atoms with E-state index in [-0.39, 0.29) is 0 Å². The second kappa shape index (κ2) is 5.93. The first-order chi connectivity index (χ1) is 6.59. The number of hydrogen-bond donors (Lipinski definition) is 1. The number of H-pyrrole nitrogens is 1. The molecular weight excluding hydrogens is 281 g/mol. The van der Waals surface area contributed by atoms with Crippen LogP contribution in [0, 0.1) is 3.95 Å². The van der Waals surface area contributed by atoms with E-state index in [9.17, 15) is 0 Å². The van der Waals surface area contributed by atoms with Gasteiger partial charge in [0.15, 0.2) is 8.25 Å². The fraction of sp³-hybridized carbons (Fsp3) is 0.125. The number of aromatic nitrogens is 1. The number of aromatic amines is 1. The zero-order chi connectivity index (χ0) is 10.6. The summed E-state index contributed by atoms with van der Waals surface area (Å²) in [4.78, 5) is 3.09. The number of rotatable bonds is 0. The average molecular weight is 287 g/mol. The number of para-hydroxylation sites is 1. The molecule has 2 aromatic rings. The molecule has 0 fully saturated rings. The Hall–Kier alpha value is 0.200. The van der Waals surface area contributed by atoms with Crippen molar-refractivity contribution < 1.29 is 0 Å². The molecule has 6 heteroatoms. The third kappa shape index (κ3) is 4.15. The SMILES string of the molecule is ClC(Cl)Cl.S=c1[nH]c2ccccc2s1. The minimum absolute atomic E-state index is 0.750. The van der Waals surface area contributed by atoms with Crippen LogP contribution in [0.4, 0.5) is 0 Å². The quantitative estimate of drug-likeness (QED) is 0.535. The first-order valence-corrected chi connectivity index (χ1v) is 6.13. The molecule has 1 aromatic heterocycles. The van der Waals surface area contributed by atoms with Gasteiger partial charge in [0.25, 0.3) is 0 Å². The molecule has 2 rings (SSSR count). The summed E-state index contributed by atoms with van der Waals surface area (Å²) in [7, 11) is 0. The summed E-state index contributed by atoms with van der Waals surface area (Å²) in [6, 6.07) is 8.11. The third-order valence-electron chi connectivity index (χ3n) is 1.33. The summed E-state index contributed by atoms with van der Waals surface area (Å²) in [5.41, 5.74) is 1.14. The topological polar surface area (TPSA) is 15.8 Å². The van der Waals surface area contributed by atoms with Crippen molar-refractivity contribution in [2.24, 2.45) is 0 Å². The van der Waals surface area contributed by atoms with Gasteiger partial charge in [-0.15, -0.1) is 11.3 Å². The van der Waals surface area contributed by atoms with E-state index in [0.29, 0.717) is 0 Å². The molecule has 1 nitrogen and oxygen atoms in total. The van der Waals surface area contributed by atoms with Crippen LogP contribution in [-0.2, 0) is 0 Å². The lowest BCUT2D eigenvalue weighted by Crippen LogP contribution is -1.62. The van der Waals surface area contributed by atoms with E-state index >= 15 is 0 Å². The molecule has 0 aliphatic carbocycles. The predicted octanol–water partition coefficient (Wildman–Crippen LogP) is 4.95. The number of halogens is 3. The standard InChI is InChI=1S/C7H5NS2.CHCl3/c9-7-8-5-3-1-2-4-6(5)10-7;2-1(3)4/h1-4H,(H,8,9);1H. The van der Waals surface area contributed by atoms with Gasteiger partial charge in [-0.05, 0) is 24.4 Å². The zero-order valence-corrected chi connectivity index (χ0v) is 10.7. The van der Waals surface area contributed by atoms with E-state index in [0.717, 1.165) is 9.47 Å². The van der Waals surface area contributed by atoms with Crippen LogP contribution in [0.15, 0.2) is 24.3 Å². The van der Waals surface area contributed by atoms with Crippen LogP contribution in [0.25, 0.3) is 10.2 Å². The van der Waals surface area contributed by atoms with Crippen LogP contribution >= 0.6 is 58.4 Å². The fourth-order valence-electron chi connectivity index (χ4n) is 0.894.